The Bertz CT molecular complexity index is 568. The zero-order valence-electron chi connectivity index (χ0n) is 10.7. The largest absolute Gasteiger partial charge is 0.507 e. The summed E-state index contributed by atoms with van der Waals surface area (Å²) in [6.45, 7) is 1.47. The van der Waals surface area contributed by atoms with Crippen molar-refractivity contribution in [2.75, 3.05) is 5.75 Å². The number of non-ortho nitro benzene ring substituents is 1. The van der Waals surface area contributed by atoms with Crippen LogP contribution in [0.1, 0.15) is 29.3 Å². The molecule has 0 amide bonds. The van der Waals surface area contributed by atoms with E-state index in [-0.39, 0.29) is 27.7 Å². The van der Waals surface area contributed by atoms with Gasteiger partial charge in [0.15, 0.2) is 11.4 Å². The number of carbonyl (C=O) groups is 2. The number of hydrogen-bond acceptors (Lipinski definition) is 6. The standard InChI is InChI=1S/C13H13NO5S/c1-9(16)20-5-3-2-4-10-6-12(14(18)19)7-11(8-15)13(10)17/h2,4,6-8,17H,3,5H2,1H3. The van der Waals surface area contributed by atoms with Crippen LogP contribution in [0.15, 0.2) is 18.2 Å². The van der Waals surface area contributed by atoms with Gasteiger partial charge in [0.25, 0.3) is 5.69 Å². The van der Waals surface area contributed by atoms with Crippen LogP contribution < -0.4 is 0 Å². The molecule has 20 heavy (non-hydrogen) atoms. The van der Waals surface area contributed by atoms with E-state index in [4.69, 9.17) is 0 Å². The Balaban J connectivity index is 2.90. The quantitative estimate of drug-likeness (QED) is 0.375. The van der Waals surface area contributed by atoms with Gasteiger partial charge in [0.05, 0.1) is 10.5 Å². The molecule has 1 N–H and O–H groups in total. The van der Waals surface area contributed by atoms with Gasteiger partial charge in [-0.25, -0.2) is 0 Å². The summed E-state index contributed by atoms with van der Waals surface area (Å²) in [4.78, 5) is 31.6. The maximum absolute atomic E-state index is 10.8. The highest BCUT2D eigenvalue weighted by atomic mass is 32.2. The highest BCUT2D eigenvalue weighted by Crippen LogP contribution is 2.28. The van der Waals surface area contributed by atoms with Crippen LogP contribution in [0.2, 0.25) is 0 Å². The van der Waals surface area contributed by atoms with E-state index in [0.717, 1.165) is 6.07 Å². The molecule has 0 aromatic heterocycles. The molecule has 0 unspecified atom stereocenters. The Labute approximate surface area is 119 Å². The summed E-state index contributed by atoms with van der Waals surface area (Å²) >= 11 is 1.17. The van der Waals surface area contributed by atoms with Crippen LogP contribution in [-0.4, -0.2) is 27.2 Å². The molecule has 0 saturated carbocycles. The number of benzene rings is 1. The fourth-order valence-electron chi connectivity index (χ4n) is 1.47. The maximum atomic E-state index is 10.8. The van der Waals surface area contributed by atoms with Gasteiger partial charge in [0.1, 0.15) is 5.75 Å². The van der Waals surface area contributed by atoms with Gasteiger partial charge in [-0.1, -0.05) is 23.9 Å². The molecule has 0 spiro atoms. The molecule has 0 bridgehead atoms. The number of rotatable bonds is 6. The second-order valence-corrected chi connectivity index (χ2v) is 5.15. The number of phenols is 1. The highest BCUT2D eigenvalue weighted by Gasteiger charge is 2.14. The number of aromatic hydroxyl groups is 1. The van der Waals surface area contributed by atoms with Crippen molar-refractivity contribution in [2.24, 2.45) is 0 Å². The van der Waals surface area contributed by atoms with Crippen LogP contribution in [0, 0.1) is 10.1 Å². The van der Waals surface area contributed by atoms with Crippen molar-refractivity contribution < 1.29 is 19.6 Å². The third-order valence-corrected chi connectivity index (χ3v) is 3.23. The average molecular weight is 295 g/mol. The smallest absolute Gasteiger partial charge is 0.271 e. The Hall–Kier alpha value is -2.15. The van der Waals surface area contributed by atoms with Gasteiger partial charge >= 0.3 is 0 Å². The molecule has 106 valence electrons. The van der Waals surface area contributed by atoms with Crippen LogP contribution in [-0.2, 0) is 4.79 Å². The van der Waals surface area contributed by atoms with E-state index < -0.39 is 4.92 Å². The maximum Gasteiger partial charge on any atom is 0.271 e. The summed E-state index contributed by atoms with van der Waals surface area (Å²) in [6, 6.07) is 2.21. The molecule has 1 rings (SSSR count). The van der Waals surface area contributed by atoms with E-state index in [1.807, 2.05) is 0 Å². The number of nitrogens with zero attached hydrogens (tertiary/aromatic N) is 1. The molecule has 0 heterocycles. The summed E-state index contributed by atoms with van der Waals surface area (Å²) < 4.78 is 0. The number of nitro groups is 1. The molecule has 1 aromatic rings. The number of thioether (sulfide) groups is 1. The Morgan fingerprint density at radius 2 is 2.10 bits per heavy atom. The lowest BCUT2D eigenvalue weighted by atomic mass is 10.1. The minimum absolute atomic E-state index is 0.0137. The molecule has 0 radical (unpaired) electrons. The molecular formula is C13H13NO5S. The minimum atomic E-state index is -0.630. The first kappa shape index (κ1) is 15.9. The number of aldehydes is 1. The van der Waals surface area contributed by atoms with Crippen molar-refractivity contribution in [2.45, 2.75) is 13.3 Å². The van der Waals surface area contributed by atoms with Gasteiger partial charge < -0.3 is 5.11 Å². The summed E-state index contributed by atoms with van der Waals surface area (Å²) in [5.41, 5.74) is -0.186. The van der Waals surface area contributed by atoms with Crippen molar-refractivity contribution in [1.82, 2.24) is 0 Å². The SMILES string of the molecule is CC(=O)SCCC=Cc1cc([N+](=O)[O-])cc(C=O)c1O. The van der Waals surface area contributed by atoms with Crippen molar-refractivity contribution in [3.63, 3.8) is 0 Å². The van der Waals surface area contributed by atoms with E-state index in [1.54, 1.807) is 6.08 Å². The zero-order chi connectivity index (χ0) is 15.1. The van der Waals surface area contributed by atoms with Gasteiger partial charge in [-0.3, -0.25) is 19.7 Å². The van der Waals surface area contributed by atoms with E-state index >= 15 is 0 Å². The van der Waals surface area contributed by atoms with Crippen LogP contribution in [0.3, 0.4) is 0 Å². The number of nitro benzene ring substituents is 1. The van der Waals surface area contributed by atoms with Crippen molar-refractivity contribution in [3.8, 4) is 5.75 Å². The fraction of sp³-hybridized carbons (Fsp3) is 0.231. The van der Waals surface area contributed by atoms with Crippen molar-refractivity contribution in [1.29, 1.82) is 0 Å². The molecule has 0 saturated heterocycles. The molecule has 0 fully saturated rings. The molecule has 1 aromatic carbocycles. The molecular weight excluding hydrogens is 282 g/mol. The Kier molecular flexibility index (Phi) is 5.92. The normalized spacial score (nSPS) is 10.7. The third-order valence-electron chi connectivity index (χ3n) is 2.38. The molecule has 0 aliphatic carbocycles. The van der Waals surface area contributed by atoms with Crippen LogP contribution in [0.4, 0.5) is 5.69 Å². The van der Waals surface area contributed by atoms with Crippen LogP contribution in [0.25, 0.3) is 6.08 Å². The lowest BCUT2D eigenvalue weighted by Gasteiger charge is -2.02. The average Bonchev–Trinajstić information content (AvgIpc) is 2.39. The number of phenolic OH excluding ortho intramolecular Hbond substituents is 1. The molecule has 0 atom stereocenters. The third kappa shape index (κ3) is 4.51. The van der Waals surface area contributed by atoms with Crippen molar-refractivity contribution in [3.05, 3.63) is 39.4 Å². The fourth-order valence-corrected chi connectivity index (χ4v) is 2.01. The molecule has 0 aliphatic rings. The zero-order valence-corrected chi connectivity index (χ0v) is 11.6. The first-order valence-electron chi connectivity index (χ1n) is 5.72. The highest BCUT2D eigenvalue weighted by molar-refractivity contribution is 8.13. The van der Waals surface area contributed by atoms with Gasteiger partial charge in [0.2, 0.25) is 0 Å². The second-order valence-electron chi connectivity index (χ2n) is 3.88. The predicted octanol–water partition coefficient (Wildman–Crippen LogP) is 2.80. The van der Waals surface area contributed by atoms with Gasteiger partial charge in [-0.05, 0) is 6.42 Å². The number of carbonyl (C=O) groups excluding carboxylic acids is 2. The summed E-state index contributed by atoms with van der Waals surface area (Å²) in [6.07, 6.45) is 4.12. The summed E-state index contributed by atoms with van der Waals surface area (Å²) in [7, 11) is 0. The van der Waals surface area contributed by atoms with E-state index in [0.29, 0.717) is 18.5 Å². The Morgan fingerprint density at radius 3 is 2.65 bits per heavy atom. The van der Waals surface area contributed by atoms with Crippen LogP contribution >= 0.6 is 11.8 Å². The summed E-state index contributed by atoms with van der Waals surface area (Å²) in [5.74, 6) is 0.295. The first-order chi connectivity index (χ1) is 9.45. The van der Waals surface area contributed by atoms with E-state index in [2.05, 4.69) is 0 Å². The molecule has 0 aliphatic heterocycles. The lowest BCUT2D eigenvalue weighted by molar-refractivity contribution is -0.384. The summed E-state index contributed by atoms with van der Waals surface area (Å²) in [5, 5.41) is 20.5. The number of allylic oxidation sites excluding steroid dienone is 1. The monoisotopic (exact) mass is 295 g/mol. The van der Waals surface area contributed by atoms with Crippen molar-refractivity contribution >= 4 is 34.9 Å². The van der Waals surface area contributed by atoms with E-state index in [9.17, 15) is 24.8 Å². The van der Waals surface area contributed by atoms with Gasteiger partial charge in [0, 0.05) is 30.4 Å². The Morgan fingerprint density at radius 1 is 1.45 bits per heavy atom. The van der Waals surface area contributed by atoms with E-state index in [1.165, 1.54) is 30.8 Å². The van der Waals surface area contributed by atoms with Crippen LogP contribution in [0.5, 0.6) is 5.75 Å². The second kappa shape index (κ2) is 7.44. The lowest BCUT2D eigenvalue weighted by Crippen LogP contribution is -1.93. The molecule has 6 nitrogen and oxygen atoms in total. The molecule has 7 heteroatoms. The number of hydrogen-bond donors (Lipinski definition) is 1. The topological polar surface area (TPSA) is 97.5 Å². The first-order valence-corrected chi connectivity index (χ1v) is 6.70. The minimum Gasteiger partial charge on any atom is -0.507 e. The van der Waals surface area contributed by atoms with Gasteiger partial charge in [-0.2, -0.15) is 0 Å². The predicted molar refractivity (Wildman–Crippen MR) is 76.9 cm³/mol. The van der Waals surface area contributed by atoms with Gasteiger partial charge in [-0.15, -0.1) is 0 Å².